The molecule has 4 aromatic rings. The van der Waals surface area contributed by atoms with Crippen molar-refractivity contribution in [1.82, 2.24) is 4.57 Å². The topological polar surface area (TPSA) is 62.2 Å². The van der Waals surface area contributed by atoms with Gasteiger partial charge in [0.25, 0.3) is 0 Å². The molecular weight excluding hydrogens is 404 g/mol. The fraction of sp³-hybridized carbons (Fsp3) is 0.0800. The quantitative estimate of drug-likeness (QED) is 0.524. The third kappa shape index (κ3) is 4.25. The molecule has 0 aliphatic carbocycles. The minimum absolute atomic E-state index is 0.217. The van der Waals surface area contributed by atoms with E-state index in [1.54, 1.807) is 6.34 Å². The maximum Gasteiger partial charge on any atom is 0.211 e. The zero-order chi connectivity index (χ0) is 21.0. The average Bonchev–Trinajstić information content (AvgIpc) is 3.39. The van der Waals surface area contributed by atoms with Gasteiger partial charge in [-0.25, -0.2) is 9.98 Å². The predicted molar refractivity (Wildman–Crippen MR) is 124 cm³/mol. The fourth-order valence-electron chi connectivity index (χ4n) is 3.43. The second-order valence-electron chi connectivity index (χ2n) is 7.21. The van der Waals surface area contributed by atoms with Crippen molar-refractivity contribution in [3.05, 3.63) is 110 Å². The standard InChI is InChI=1S/C25H20N4OS/c30-24-23(14-20-11-12-21-22(13-20)28-17-27-21)31-25(26-15-18-7-3-1-4-8-18)29(24)16-19-9-5-2-6-10-19/h1-14,17,30H,15-16H2. The van der Waals surface area contributed by atoms with Crippen LogP contribution in [-0.4, -0.2) is 16.0 Å². The first-order valence-corrected chi connectivity index (χ1v) is 10.8. The van der Waals surface area contributed by atoms with E-state index in [1.807, 2.05) is 65.2 Å². The Morgan fingerprint density at radius 3 is 2.45 bits per heavy atom. The molecule has 0 radical (unpaired) electrons. The minimum Gasteiger partial charge on any atom is -0.493 e. The van der Waals surface area contributed by atoms with Crippen LogP contribution in [0, 0.1) is 0 Å². The van der Waals surface area contributed by atoms with Crippen LogP contribution in [0.1, 0.15) is 16.0 Å². The highest BCUT2D eigenvalue weighted by molar-refractivity contribution is 7.10. The molecule has 0 saturated heterocycles. The van der Waals surface area contributed by atoms with Gasteiger partial charge in [0.15, 0.2) is 4.80 Å². The molecule has 31 heavy (non-hydrogen) atoms. The van der Waals surface area contributed by atoms with Crippen LogP contribution in [0.3, 0.4) is 0 Å². The summed E-state index contributed by atoms with van der Waals surface area (Å²) < 4.78 is 1.87. The van der Waals surface area contributed by atoms with Crippen molar-refractivity contribution in [3.8, 4) is 5.88 Å². The van der Waals surface area contributed by atoms with Crippen LogP contribution in [0.25, 0.3) is 6.08 Å². The molecule has 1 aromatic heterocycles. The lowest BCUT2D eigenvalue weighted by Gasteiger charge is -2.05. The fourth-order valence-corrected chi connectivity index (χ4v) is 4.42. The largest absolute Gasteiger partial charge is 0.493 e. The maximum atomic E-state index is 11.1. The highest BCUT2D eigenvalue weighted by Gasteiger charge is 2.12. The van der Waals surface area contributed by atoms with Crippen LogP contribution >= 0.6 is 11.3 Å². The molecule has 6 heteroatoms. The van der Waals surface area contributed by atoms with Crippen molar-refractivity contribution in [2.75, 3.05) is 0 Å². The van der Waals surface area contributed by atoms with Gasteiger partial charge < -0.3 is 5.11 Å². The molecule has 2 heterocycles. The van der Waals surface area contributed by atoms with Crippen LogP contribution in [0.2, 0.25) is 0 Å². The summed E-state index contributed by atoms with van der Waals surface area (Å²) >= 11 is 1.48. The van der Waals surface area contributed by atoms with E-state index >= 15 is 0 Å². The van der Waals surface area contributed by atoms with Gasteiger partial charge in [-0.05, 0) is 34.6 Å². The Bertz CT molecular complexity index is 1430. The molecule has 0 amide bonds. The smallest absolute Gasteiger partial charge is 0.211 e. The molecule has 1 aliphatic rings. The summed E-state index contributed by atoms with van der Waals surface area (Å²) in [5.41, 5.74) is 3.08. The monoisotopic (exact) mass is 424 g/mol. The summed E-state index contributed by atoms with van der Waals surface area (Å²) in [5, 5.41) is 12.9. The molecule has 0 spiro atoms. The highest BCUT2D eigenvalue weighted by atomic mass is 32.1. The van der Waals surface area contributed by atoms with Gasteiger partial charge in [-0.3, -0.25) is 9.56 Å². The number of aromatic nitrogens is 1. The van der Waals surface area contributed by atoms with E-state index in [4.69, 9.17) is 4.99 Å². The lowest BCUT2D eigenvalue weighted by Crippen LogP contribution is -2.15. The summed E-state index contributed by atoms with van der Waals surface area (Å²) in [6.45, 7) is 1.11. The van der Waals surface area contributed by atoms with Gasteiger partial charge in [0, 0.05) is 0 Å². The van der Waals surface area contributed by atoms with Crippen molar-refractivity contribution in [1.29, 1.82) is 0 Å². The number of rotatable bonds is 5. The molecule has 0 saturated carbocycles. The van der Waals surface area contributed by atoms with Crippen LogP contribution < -0.4 is 15.4 Å². The lowest BCUT2D eigenvalue weighted by molar-refractivity contribution is 0.419. The average molecular weight is 425 g/mol. The van der Waals surface area contributed by atoms with E-state index < -0.39 is 0 Å². The van der Waals surface area contributed by atoms with Gasteiger partial charge in [0.1, 0.15) is 6.34 Å². The van der Waals surface area contributed by atoms with Crippen LogP contribution in [0.5, 0.6) is 5.88 Å². The van der Waals surface area contributed by atoms with Crippen LogP contribution in [0.4, 0.5) is 5.69 Å². The number of hydrogen-bond acceptors (Lipinski definition) is 5. The summed E-state index contributed by atoms with van der Waals surface area (Å²) in [5.74, 6) is 0.217. The van der Waals surface area contributed by atoms with Crippen molar-refractivity contribution in [2.45, 2.75) is 13.1 Å². The Balaban J connectivity index is 1.58. The molecule has 3 aromatic carbocycles. The minimum atomic E-state index is 0.217. The van der Waals surface area contributed by atoms with Gasteiger partial charge in [-0.2, -0.15) is 0 Å². The maximum absolute atomic E-state index is 11.1. The van der Waals surface area contributed by atoms with Crippen molar-refractivity contribution in [3.63, 3.8) is 0 Å². The summed E-state index contributed by atoms with van der Waals surface area (Å²) in [7, 11) is 0. The second kappa shape index (κ2) is 8.53. The molecule has 5 nitrogen and oxygen atoms in total. The van der Waals surface area contributed by atoms with Crippen molar-refractivity contribution >= 4 is 29.4 Å². The zero-order valence-corrected chi connectivity index (χ0v) is 17.5. The molecule has 0 fully saturated rings. The Morgan fingerprint density at radius 2 is 1.68 bits per heavy atom. The summed E-state index contributed by atoms with van der Waals surface area (Å²) in [4.78, 5) is 14.8. The second-order valence-corrected chi connectivity index (χ2v) is 8.22. The van der Waals surface area contributed by atoms with E-state index in [-0.39, 0.29) is 5.88 Å². The number of hydrogen-bond donors (Lipinski definition) is 1. The Morgan fingerprint density at radius 1 is 0.935 bits per heavy atom. The Hall–Kier alpha value is -3.77. The van der Waals surface area contributed by atoms with E-state index in [2.05, 4.69) is 34.3 Å². The van der Waals surface area contributed by atoms with Gasteiger partial charge in [-0.15, -0.1) is 0 Å². The summed E-state index contributed by atoms with van der Waals surface area (Å²) in [6.07, 6.45) is 3.53. The first-order valence-electron chi connectivity index (χ1n) is 9.99. The lowest BCUT2D eigenvalue weighted by atomic mass is 10.2. The molecule has 0 unspecified atom stereocenters. The van der Waals surface area contributed by atoms with Gasteiger partial charge in [0.05, 0.1) is 29.0 Å². The highest BCUT2D eigenvalue weighted by Crippen LogP contribution is 2.22. The van der Waals surface area contributed by atoms with Crippen LogP contribution in [-0.2, 0) is 13.1 Å². The molecular formula is C25H20N4OS. The van der Waals surface area contributed by atoms with E-state index in [1.165, 1.54) is 11.3 Å². The third-order valence-corrected chi connectivity index (χ3v) is 6.07. The first kappa shape index (κ1) is 19.2. The molecule has 5 rings (SSSR count). The van der Waals surface area contributed by atoms with E-state index in [9.17, 15) is 5.11 Å². The zero-order valence-electron chi connectivity index (χ0n) is 16.7. The van der Waals surface area contributed by atoms with E-state index in [0.717, 1.165) is 37.1 Å². The molecule has 1 N–H and O–H groups in total. The molecule has 0 atom stereocenters. The third-order valence-electron chi connectivity index (χ3n) is 5.02. The SMILES string of the molecule is Oc1c(C=c2ccc3c(c2)N=CN=3)sc(=NCc2ccccc2)n1Cc1ccccc1. The number of benzene rings is 3. The predicted octanol–water partition coefficient (Wildman–Crippen LogP) is 3.53. The number of fused-ring (bicyclic) bond motifs is 1. The van der Waals surface area contributed by atoms with Gasteiger partial charge >= 0.3 is 0 Å². The Kier molecular flexibility index (Phi) is 5.29. The number of aliphatic imine (C=N–C) groups is 1. The number of thiazole rings is 1. The number of aromatic hydroxyl groups is 1. The van der Waals surface area contributed by atoms with Gasteiger partial charge in [-0.1, -0.05) is 78.1 Å². The summed E-state index contributed by atoms with van der Waals surface area (Å²) in [6, 6.07) is 26.1. The number of nitrogens with zero attached hydrogens (tertiary/aromatic N) is 4. The molecule has 1 aliphatic heterocycles. The van der Waals surface area contributed by atoms with Gasteiger partial charge in [0.2, 0.25) is 5.88 Å². The normalized spacial score (nSPS) is 13.4. The van der Waals surface area contributed by atoms with Crippen molar-refractivity contribution in [2.24, 2.45) is 15.0 Å². The van der Waals surface area contributed by atoms with E-state index in [0.29, 0.717) is 13.1 Å². The van der Waals surface area contributed by atoms with Crippen molar-refractivity contribution < 1.29 is 5.11 Å². The van der Waals surface area contributed by atoms with Crippen LogP contribution in [0.15, 0.2) is 93.8 Å². The first-order chi connectivity index (χ1) is 15.3. The Labute approximate surface area is 183 Å². The molecule has 0 bridgehead atoms. The molecule has 152 valence electrons.